The fourth-order valence-electron chi connectivity index (χ4n) is 2.25. The molecule has 1 atom stereocenters. The molecule has 1 aromatic heterocycles. The van der Waals surface area contributed by atoms with Crippen LogP contribution in [0.2, 0.25) is 0 Å². The second-order valence-electron chi connectivity index (χ2n) is 5.53. The molecule has 10 heteroatoms. The molecule has 2 rings (SSSR count). The standard InChI is InChI=1S/C16H20F2N8/c1-8(12(18)6-17)26(23)16(25-22)11-4-10(7-24-15(11)21)9-2-3-13(19)14(20)5-9/h2-8H,19-20,22-23H2,1H3,(H2,21,24)/b12-6-,25-16-. The number of nitrogen functional groups attached to an aromatic ring is 3. The maximum atomic E-state index is 13.5. The van der Waals surface area contributed by atoms with Gasteiger partial charge in [-0.2, -0.15) is 5.10 Å². The summed E-state index contributed by atoms with van der Waals surface area (Å²) in [4.78, 5) is 4.09. The number of amidine groups is 1. The highest BCUT2D eigenvalue weighted by atomic mass is 19.2. The zero-order valence-corrected chi connectivity index (χ0v) is 14.0. The Morgan fingerprint density at radius 2 is 1.88 bits per heavy atom. The Bertz CT molecular complexity index is 865. The predicted molar refractivity (Wildman–Crippen MR) is 99.4 cm³/mol. The summed E-state index contributed by atoms with van der Waals surface area (Å²) in [7, 11) is 0. The van der Waals surface area contributed by atoms with Crippen LogP contribution >= 0.6 is 0 Å². The topological polar surface area (TPSA) is 159 Å². The van der Waals surface area contributed by atoms with Crippen LogP contribution in [-0.2, 0) is 0 Å². The molecule has 0 radical (unpaired) electrons. The van der Waals surface area contributed by atoms with E-state index in [2.05, 4.69) is 10.1 Å². The first-order valence-corrected chi connectivity index (χ1v) is 7.49. The van der Waals surface area contributed by atoms with E-state index < -0.39 is 11.9 Å². The number of hydrogen-bond acceptors (Lipinski definition) is 7. The van der Waals surface area contributed by atoms with Crippen molar-refractivity contribution >= 4 is 23.0 Å². The van der Waals surface area contributed by atoms with Crippen LogP contribution in [0.4, 0.5) is 26.0 Å². The molecule has 1 unspecified atom stereocenters. The lowest BCUT2D eigenvalue weighted by Gasteiger charge is -2.26. The number of nitrogens with zero attached hydrogens (tertiary/aromatic N) is 3. The summed E-state index contributed by atoms with van der Waals surface area (Å²) in [5.41, 5.74) is 19.9. The van der Waals surface area contributed by atoms with E-state index in [1.165, 1.54) is 13.1 Å². The number of rotatable bonds is 4. The van der Waals surface area contributed by atoms with Crippen LogP contribution in [0.25, 0.3) is 11.1 Å². The molecule has 0 saturated carbocycles. The molecular formula is C16H20F2N8. The molecular weight excluding hydrogens is 342 g/mol. The third-order valence-corrected chi connectivity index (χ3v) is 3.87. The SMILES string of the molecule is CC(/C(F)=C/F)N(N)/C(=N\N)c1cc(-c2ccc(N)c(N)c2)cnc1N. The van der Waals surface area contributed by atoms with Crippen LogP contribution in [0.15, 0.2) is 47.7 Å². The Morgan fingerprint density at radius 3 is 2.46 bits per heavy atom. The van der Waals surface area contributed by atoms with Crippen molar-refractivity contribution < 1.29 is 8.78 Å². The highest BCUT2D eigenvalue weighted by Gasteiger charge is 2.23. The maximum Gasteiger partial charge on any atom is 0.173 e. The second kappa shape index (κ2) is 7.66. The minimum atomic E-state index is -1.16. The van der Waals surface area contributed by atoms with Gasteiger partial charge in [-0.25, -0.2) is 19.6 Å². The van der Waals surface area contributed by atoms with Gasteiger partial charge in [-0.15, -0.1) is 0 Å². The first kappa shape index (κ1) is 18.9. The number of anilines is 3. The summed E-state index contributed by atoms with van der Waals surface area (Å²) in [5, 5.41) is 4.42. The fraction of sp³-hybridized carbons (Fsp3) is 0.125. The van der Waals surface area contributed by atoms with Crippen LogP contribution in [0.1, 0.15) is 12.5 Å². The summed E-state index contributed by atoms with van der Waals surface area (Å²) in [6, 6.07) is 5.52. The lowest BCUT2D eigenvalue weighted by molar-refractivity contribution is 0.327. The number of hydrazone groups is 1. The number of halogens is 2. The van der Waals surface area contributed by atoms with Gasteiger partial charge in [0.05, 0.1) is 23.0 Å². The molecule has 10 N–H and O–H groups in total. The molecule has 2 aromatic rings. The van der Waals surface area contributed by atoms with Crippen molar-refractivity contribution in [1.82, 2.24) is 9.99 Å². The van der Waals surface area contributed by atoms with Crippen molar-refractivity contribution in [2.24, 2.45) is 16.8 Å². The number of benzene rings is 1. The van der Waals surface area contributed by atoms with Gasteiger partial charge in [0, 0.05) is 11.8 Å². The van der Waals surface area contributed by atoms with Crippen LogP contribution in [0.5, 0.6) is 0 Å². The number of nitrogens with two attached hydrogens (primary N) is 5. The van der Waals surface area contributed by atoms with E-state index in [1.807, 2.05) is 0 Å². The van der Waals surface area contributed by atoms with Gasteiger partial charge in [0.2, 0.25) is 0 Å². The molecule has 0 aliphatic carbocycles. The third-order valence-electron chi connectivity index (χ3n) is 3.87. The number of aromatic nitrogens is 1. The van der Waals surface area contributed by atoms with Crippen molar-refractivity contribution in [3.63, 3.8) is 0 Å². The van der Waals surface area contributed by atoms with Crippen LogP contribution < -0.4 is 28.9 Å². The molecule has 0 spiro atoms. The first-order chi connectivity index (χ1) is 12.3. The van der Waals surface area contributed by atoms with Crippen LogP contribution in [0.3, 0.4) is 0 Å². The third kappa shape index (κ3) is 3.64. The smallest absolute Gasteiger partial charge is 0.173 e. The zero-order chi connectivity index (χ0) is 19.4. The van der Waals surface area contributed by atoms with Crippen molar-refractivity contribution in [3.05, 3.63) is 48.2 Å². The Morgan fingerprint density at radius 1 is 1.19 bits per heavy atom. The molecule has 0 fully saturated rings. The maximum absolute atomic E-state index is 13.5. The summed E-state index contributed by atoms with van der Waals surface area (Å²) in [6.07, 6.45) is 1.33. The quantitative estimate of drug-likeness (QED) is 0.181. The lowest BCUT2D eigenvalue weighted by Crippen LogP contribution is -2.45. The van der Waals surface area contributed by atoms with Gasteiger partial charge in [-0.3, -0.25) is 5.01 Å². The largest absolute Gasteiger partial charge is 0.397 e. The van der Waals surface area contributed by atoms with E-state index in [9.17, 15) is 8.78 Å². The van der Waals surface area contributed by atoms with Gasteiger partial charge >= 0.3 is 0 Å². The first-order valence-electron chi connectivity index (χ1n) is 7.49. The molecule has 1 heterocycles. The fourth-order valence-corrected chi connectivity index (χ4v) is 2.25. The average molecular weight is 362 g/mol. The van der Waals surface area contributed by atoms with Crippen molar-refractivity contribution in [3.8, 4) is 11.1 Å². The van der Waals surface area contributed by atoms with Crippen molar-refractivity contribution in [1.29, 1.82) is 0 Å². The second-order valence-corrected chi connectivity index (χ2v) is 5.53. The summed E-state index contributed by atoms with van der Waals surface area (Å²) in [6.45, 7) is 1.34. The summed E-state index contributed by atoms with van der Waals surface area (Å²) < 4.78 is 26.0. The summed E-state index contributed by atoms with van der Waals surface area (Å²) >= 11 is 0. The molecule has 138 valence electrons. The molecule has 0 amide bonds. The van der Waals surface area contributed by atoms with Gasteiger partial charge in [-0.05, 0) is 30.7 Å². The van der Waals surface area contributed by atoms with E-state index >= 15 is 0 Å². The van der Waals surface area contributed by atoms with E-state index in [0.717, 1.165) is 5.01 Å². The Kier molecular flexibility index (Phi) is 5.58. The minimum absolute atomic E-state index is 0.0636. The number of hydrazine groups is 1. The minimum Gasteiger partial charge on any atom is -0.397 e. The number of pyridine rings is 1. The zero-order valence-electron chi connectivity index (χ0n) is 14.0. The Balaban J connectivity index is 2.49. The van der Waals surface area contributed by atoms with E-state index in [0.29, 0.717) is 22.5 Å². The Hall–Kier alpha value is -3.40. The van der Waals surface area contributed by atoms with Gasteiger partial charge < -0.3 is 23.0 Å². The van der Waals surface area contributed by atoms with Crippen molar-refractivity contribution in [2.45, 2.75) is 13.0 Å². The van der Waals surface area contributed by atoms with Gasteiger partial charge in [0.1, 0.15) is 12.1 Å². The number of hydrogen-bond donors (Lipinski definition) is 5. The van der Waals surface area contributed by atoms with E-state index in [-0.39, 0.29) is 23.5 Å². The molecule has 0 bridgehead atoms. The average Bonchev–Trinajstić information content (AvgIpc) is 2.64. The van der Waals surface area contributed by atoms with Gasteiger partial charge in [0.25, 0.3) is 0 Å². The normalized spacial score (nSPS) is 13.5. The monoisotopic (exact) mass is 362 g/mol. The van der Waals surface area contributed by atoms with E-state index in [1.54, 1.807) is 24.3 Å². The molecule has 0 aliphatic rings. The predicted octanol–water partition coefficient (Wildman–Crippen LogP) is 1.46. The van der Waals surface area contributed by atoms with E-state index in [4.69, 9.17) is 28.9 Å². The highest BCUT2D eigenvalue weighted by Crippen LogP contribution is 2.27. The summed E-state index contributed by atoms with van der Waals surface area (Å²) in [5.74, 6) is 10.1. The van der Waals surface area contributed by atoms with Crippen molar-refractivity contribution in [2.75, 3.05) is 17.2 Å². The van der Waals surface area contributed by atoms with Crippen LogP contribution in [0, 0.1) is 0 Å². The molecule has 26 heavy (non-hydrogen) atoms. The molecule has 0 aliphatic heterocycles. The van der Waals surface area contributed by atoms with Gasteiger partial charge in [-0.1, -0.05) is 6.07 Å². The lowest BCUT2D eigenvalue weighted by atomic mass is 10.0. The Labute approximate surface area is 148 Å². The molecule has 0 saturated heterocycles. The molecule has 1 aromatic carbocycles. The molecule has 8 nitrogen and oxygen atoms in total. The van der Waals surface area contributed by atoms with Gasteiger partial charge in [0.15, 0.2) is 11.7 Å². The van der Waals surface area contributed by atoms with Crippen LogP contribution in [-0.4, -0.2) is 21.9 Å². The highest BCUT2D eigenvalue weighted by molar-refractivity contribution is 6.03.